The van der Waals surface area contributed by atoms with Crippen molar-refractivity contribution in [1.29, 1.82) is 0 Å². The Kier molecular flexibility index (Phi) is 5.17. The third-order valence-corrected chi connectivity index (χ3v) is 5.38. The number of fused-ring (bicyclic) bond motifs is 2. The Labute approximate surface area is 171 Å². The predicted molar refractivity (Wildman–Crippen MR) is 114 cm³/mol. The van der Waals surface area contributed by atoms with Crippen LogP contribution in [0.2, 0.25) is 5.02 Å². The van der Waals surface area contributed by atoms with E-state index in [1.807, 2.05) is 54.8 Å². The van der Waals surface area contributed by atoms with Crippen molar-refractivity contribution in [2.45, 2.75) is 26.9 Å². The van der Waals surface area contributed by atoms with E-state index in [-0.39, 0.29) is 11.5 Å². The first-order valence-electron chi connectivity index (χ1n) is 9.30. The number of nitrogens with one attached hydrogen (secondary N) is 2. The second-order valence-corrected chi connectivity index (χ2v) is 7.41. The van der Waals surface area contributed by atoms with Crippen molar-refractivity contribution < 1.29 is 0 Å². The zero-order chi connectivity index (χ0) is 20.5. The molecule has 0 saturated carbocycles. The summed E-state index contributed by atoms with van der Waals surface area (Å²) in [7, 11) is 0. The molecule has 29 heavy (non-hydrogen) atoms. The summed E-state index contributed by atoms with van der Waals surface area (Å²) in [5.41, 5.74) is 3.66. The first kappa shape index (κ1) is 19.3. The number of hydrogen-bond acceptors (Lipinski definition) is 5. The van der Waals surface area contributed by atoms with Gasteiger partial charge in [0.1, 0.15) is 0 Å². The zero-order valence-corrected chi connectivity index (χ0v) is 16.9. The number of aryl methyl sites for hydroxylation is 2. The highest BCUT2D eigenvalue weighted by atomic mass is 35.5. The topological polar surface area (TPSA) is 92.7 Å². The van der Waals surface area contributed by atoms with Gasteiger partial charge in [-0.05, 0) is 48.7 Å². The van der Waals surface area contributed by atoms with E-state index < -0.39 is 11.2 Å². The highest BCUT2D eigenvalue weighted by Crippen LogP contribution is 2.23. The van der Waals surface area contributed by atoms with Gasteiger partial charge in [0.15, 0.2) is 11.5 Å². The van der Waals surface area contributed by atoms with Gasteiger partial charge in [0, 0.05) is 24.7 Å². The van der Waals surface area contributed by atoms with Gasteiger partial charge in [-0.3, -0.25) is 9.78 Å². The predicted octanol–water partition coefficient (Wildman–Crippen LogP) is 2.64. The van der Waals surface area contributed by atoms with Crippen LogP contribution in [0, 0.1) is 13.8 Å². The van der Waals surface area contributed by atoms with Crippen LogP contribution in [0.1, 0.15) is 16.7 Å². The van der Waals surface area contributed by atoms with Gasteiger partial charge >= 0.3 is 5.69 Å². The second-order valence-electron chi connectivity index (χ2n) is 7.00. The van der Waals surface area contributed by atoms with Crippen LogP contribution in [-0.4, -0.2) is 26.1 Å². The van der Waals surface area contributed by atoms with Gasteiger partial charge in [-0.15, -0.1) is 0 Å². The van der Waals surface area contributed by atoms with E-state index in [9.17, 15) is 9.59 Å². The maximum absolute atomic E-state index is 12.3. The van der Waals surface area contributed by atoms with Crippen LogP contribution in [0.5, 0.6) is 0 Å². The fraction of sp³-hybridized carbons (Fsp3) is 0.238. The average molecular weight is 410 g/mol. The first-order valence-corrected chi connectivity index (χ1v) is 9.68. The fourth-order valence-electron chi connectivity index (χ4n) is 3.33. The van der Waals surface area contributed by atoms with E-state index in [0.717, 1.165) is 22.2 Å². The zero-order valence-electron chi connectivity index (χ0n) is 16.1. The summed E-state index contributed by atoms with van der Waals surface area (Å²) >= 11 is 6.21. The minimum absolute atomic E-state index is 0.159. The highest BCUT2D eigenvalue weighted by molar-refractivity contribution is 6.31. The third-order valence-electron chi connectivity index (χ3n) is 5.01. The molecule has 148 valence electrons. The second kappa shape index (κ2) is 7.77. The third kappa shape index (κ3) is 3.79. The molecule has 0 radical (unpaired) electrons. The van der Waals surface area contributed by atoms with Crippen LogP contribution in [0.25, 0.3) is 22.6 Å². The van der Waals surface area contributed by atoms with E-state index in [1.54, 1.807) is 0 Å². The number of nitrogens with zero attached hydrogens (tertiary/aromatic N) is 3. The summed E-state index contributed by atoms with van der Waals surface area (Å²) in [6.07, 6.45) is 0. The van der Waals surface area contributed by atoms with Crippen LogP contribution in [0.3, 0.4) is 0 Å². The molecule has 0 fully saturated rings. The lowest BCUT2D eigenvalue weighted by Crippen LogP contribution is -2.30. The number of hydrogen-bond donors (Lipinski definition) is 2. The van der Waals surface area contributed by atoms with Crippen molar-refractivity contribution in [3.8, 4) is 11.5 Å². The van der Waals surface area contributed by atoms with Crippen molar-refractivity contribution in [2.24, 2.45) is 0 Å². The maximum atomic E-state index is 12.3. The Bertz CT molecular complexity index is 1290. The van der Waals surface area contributed by atoms with Gasteiger partial charge in [0.2, 0.25) is 0 Å². The van der Waals surface area contributed by atoms with Gasteiger partial charge in [-0.25, -0.2) is 9.78 Å². The number of rotatable bonds is 5. The van der Waals surface area contributed by atoms with E-state index in [0.29, 0.717) is 30.2 Å². The molecule has 0 aliphatic carbocycles. The fourth-order valence-corrected chi connectivity index (χ4v) is 3.53. The molecule has 0 atom stereocenters. The molecule has 2 heterocycles. The summed E-state index contributed by atoms with van der Waals surface area (Å²) in [5, 5.41) is 4.07. The van der Waals surface area contributed by atoms with Crippen LogP contribution in [-0.2, 0) is 13.1 Å². The van der Waals surface area contributed by atoms with E-state index in [4.69, 9.17) is 11.6 Å². The van der Waals surface area contributed by atoms with Gasteiger partial charge in [0.05, 0.1) is 11.0 Å². The Morgan fingerprint density at radius 2 is 1.86 bits per heavy atom. The Hall–Kier alpha value is -3.03. The van der Waals surface area contributed by atoms with Crippen LogP contribution >= 0.6 is 11.6 Å². The van der Waals surface area contributed by atoms with Gasteiger partial charge in [-0.2, -0.15) is 4.98 Å². The van der Waals surface area contributed by atoms with Crippen molar-refractivity contribution in [3.63, 3.8) is 0 Å². The SMILES string of the molecule is Cc1cc2nc3c(=O)[nH]c(=O)nc-3n(CCNCc3ccccc3Cl)c2cc1C. The molecule has 0 amide bonds. The molecule has 7 nitrogen and oxygen atoms in total. The van der Waals surface area contributed by atoms with E-state index >= 15 is 0 Å². The Morgan fingerprint density at radius 1 is 1.10 bits per heavy atom. The monoisotopic (exact) mass is 409 g/mol. The number of benzene rings is 2. The lowest BCUT2D eigenvalue weighted by molar-refractivity contribution is 0.603. The van der Waals surface area contributed by atoms with Crippen LogP contribution < -0.4 is 16.6 Å². The lowest BCUT2D eigenvalue weighted by atomic mass is 10.1. The largest absolute Gasteiger partial charge is 0.349 e. The summed E-state index contributed by atoms with van der Waals surface area (Å²) in [5.74, 6) is 0.286. The van der Waals surface area contributed by atoms with E-state index in [2.05, 4.69) is 20.3 Å². The van der Waals surface area contributed by atoms with Crippen LogP contribution in [0.15, 0.2) is 46.0 Å². The van der Waals surface area contributed by atoms with Gasteiger partial charge in [-0.1, -0.05) is 29.8 Å². The standard InChI is InChI=1S/C21H20ClN5O2/c1-12-9-16-17(10-13(12)2)27(19-18(24-16)20(28)26-21(29)25-19)8-7-23-11-14-5-3-4-6-15(14)22/h3-6,9-10,23H,7-8,11H2,1-2H3,(H,26,28,29). The molecule has 0 unspecified atom stereocenters. The van der Waals surface area contributed by atoms with Crippen molar-refractivity contribution in [3.05, 3.63) is 78.9 Å². The molecule has 2 N–H and O–H groups in total. The number of halogens is 1. The van der Waals surface area contributed by atoms with Gasteiger partial charge in [0.25, 0.3) is 5.56 Å². The summed E-state index contributed by atoms with van der Waals surface area (Å²) in [4.78, 5) is 34.8. The molecule has 8 heteroatoms. The average Bonchev–Trinajstić information content (AvgIpc) is 2.68. The molecule has 0 saturated heterocycles. The molecule has 4 rings (SSSR count). The smallest absolute Gasteiger partial charge is 0.321 e. The van der Waals surface area contributed by atoms with Crippen LogP contribution in [0.4, 0.5) is 0 Å². The Balaban J connectivity index is 1.72. The van der Waals surface area contributed by atoms with Crippen molar-refractivity contribution in [2.75, 3.05) is 6.54 Å². The maximum Gasteiger partial charge on any atom is 0.349 e. The molecule has 0 spiro atoms. The molecular formula is C21H20ClN5O2. The molecule has 2 aromatic rings. The van der Waals surface area contributed by atoms with E-state index in [1.165, 1.54) is 0 Å². The lowest BCUT2D eigenvalue weighted by Gasteiger charge is -2.18. The highest BCUT2D eigenvalue weighted by Gasteiger charge is 2.19. The summed E-state index contributed by atoms with van der Waals surface area (Å²) in [6.45, 7) is 5.74. The molecule has 0 bridgehead atoms. The molecule has 2 aromatic carbocycles. The molecule has 0 aromatic heterocycles. The Morgan fingerprint density at radius 3 is 2.66 bits per heavy atom. The minimum atomic E-state index is -0.676. The van der Waals surface area contributed by atoms with Crippen molar-refractivity contribution >= 4 is 22.6 Å². The number of H-pyrrole nitrogens is 1. The molecule has 2 aliphatic rings. The summed E-state index contributed by atoms with van der Waals surface area (Å²) < 4.78 is 1.88. The molecular weight excluding hydrogens is 390 g/mol. The molecule has 2 aliphatic heterocycles. The van der Waals surface area contributed by atoms with Crippen molar-refractivity contribution in [1.82, 2.24) is 24.8 Å². The van der Waals surface area contributed by atoms with Gasteiger partial charge < -0.3 is 9.88 Å². The number of aromatic amines is 1. The minimum Gasteiger partial charge on any atom is -0.321 e. The number of aromatic nitrogens is 4. The normalized spacial score (nSPS) is 11.4. The summed E-state index contributed by atoms with van der Waals surface area (Å²) in [6, 6.07) is 11.6. The quantitative estimate of drug-likeness (QED) is 0.390. The first-order chi connectivity index (χ1) is 13.9.